The maximum Gasteiger partial charge on any atom is 0.303 e. The second kappa shape index (κ2) is 6.04. The molecule has 1 N–H and O–H groups in total. The van der Waals surface area contributed by atoms with Crippen LogP contribution in [-0.2, 0) is 14.4 Å². The van der Waals surface area contributed by atoms with E-state index in [1.807, 2.05) is 4.90 Å². The summed E-state index contributed by atoms with van der Waals surface area (Å²) in [7, 11) is 0. The number of carbonyl (C=O) groups excluding carboxylic acids is 2. The highest BCUT2D eigenvalue weighted by Gasteiger charge is 2.31. The van der Waals surface area contributed by atoms with E-state index in [2.05, 4.69) is 0 Å². The Hall–Kier alpha value is -1.59. The van der Waals surface area contributed by atoms with Gasteiger partial charge >= 0.3 is 5.97 Å². The summed E-state index contributed by atoms with van der Waals surface area (Å²) >= 11 is 0. The number of hydrogen-bond acceptors (Lipinski definition) is 3. The zero-order chi connectivity index (χ0) is 13.8. The summed E-state index contributed by atoms with van der Waals surface area (Å²) in [4.78, 5) is 37.5. The zero-order valence-electron chi connectivity index (χ0n) is 11.0. The molecule has 19 heavy (non-hydrogen) atoms. The van der Waals surface area contributed by atoms with Crippen molar-refractivity contribution in [1.82, 2.24) is 9.80 Å². The first-order chi connectivity index (χ1) is 9.08. The van der Waals surface area contributed by atoms with Crippen molar-refractivity contribution in [1.29, 1.82) is 0 Å². The molecule has 6 heteroatoms. The van der Waals surface area contributed by atoms with Crippen LogP contribution in [0.2, 0.25) is 0 Å². The molecule has 0 atom stereocenters. The molecule has 0 bridgehead atoms. The van der Waals surface area contributed by atoms with Gasteiger partial charge in [-0.3, -0.25) is 14.4 Å². The Morgan fingerprint density at radius 1 is 1.16 bits per heavy atom. The molecule has 0 spiro atoms. The van der Waals surface area contributed by atoms with Gasteiger partial charge in [-0.05, 0) is 19.3 Å². The molecule has 0 aromatic carbocycles. The fourth-order valence-electron chi connectivity index (χ4n) is 2.85. The lowest BCUT2D eigenvalue weighted by Gasteiger charge is -2.36. The normalized spacial score (nSPS) is 20.9. The predicted molar refractivity (Wildman–Crippen MR) is 67.4 cm³/mol. The van der Waals surface area contributed by atoms with E-state index in [0.29, 0.717) is 19.5 Å². The summed E-state index contributed by atoms with van der Waals surface area (Å²) in [5.41, 5.74) is 0. The maximum absolute atomic E-state index is 11.8. The second-order valence-electron chi connectivity index (χ2n) is 5.20. The Kier molecular flexibility index (Phi) is 4.39. The molecule has 0 aromatic rings. The average molecular weight is 268 g/mol. The van der Waals surface area contributed by atoms with Crippen molar-refractivity contribution in [3.05, 3.63) is 0 Å². The number of carboxylic acids is 1. The highest BCUT2D eigenvalue weighted by molar-refractivity contribution is 5.81. The highest BCUT2D eigenvalue weighted by atomic mass is 16.4. The van der Waals surface area contributed by atoms with Gasteiger partial charge in [-0.25, -0.2) is 0 Å². The standard InChI is InChI=1S/C13H20N2O4/c16-11(3-4-13(18)19)14-8-5-10(6-9-14)15-7-1-2-12(15)17/h10H,1-9H2,(H,18,19). The lowest BCUT2D eigenvalue weighted by molar-refractivity contribution is -0.141. The molecular weight excluding hydrogens is 248 g/mol. The number of piperidine rings is 1. The van der Waals surface area contributed by atoms with E-state index in [0.717, 1.165) is 25.8 Å². The minimum Gasteiger partial charge on any atom is -0.481 e. The van der Waals surface area contributed by atoms with Gasteiger partial charge in [-0.2, -0.15) is 0 Å². The lowest BCUT2D eigenvalue weighted by Crippen LogP contribution is -2.47. The first-order valence-corrected chi connectivity index (χ1v) is 6.87. The number of nitrogens with zero attached hydrogens (tertiary/aromatic N) is 2. The number of likely N-dealkylation sites (tertiary alicyclic amines) is 2. The third-order valence-corrected chi connectivity index (χ3v) is 3.92. The van der Waals surface area contributed by atoms with Gasteiger partial charge < -0.3 is 14.9 Å². The molecule has 2 saturated heterocycles. The van der Waals surface area contributed by atoms with Crippen molar-refractivity contribution in [3.8, 4) is 0 Å². The van der Waals surface area contributed by atoms with E-state index in [4.69, 9.17) is 5.11 Å². The van der Waals surface area contributed by atoms with Crippen LogP contribution in [0.15, 0.2) is 0 Å². The van der Waals surface area contributed by atoms with E-state index >= 15 is 0 Å². The summed E-state index contributed by atoms with van der Waals surface area (Å²) in [6.07, 6.45) is 3.18. The molecule has 2 heterocycles. The molecule has 0 aliphatic carbocycles. The minimum atomic E-state index is -0.939. The van der Waals surface area contributed by atoms with Gasteiger partial charge in [0.25, 0.3) is 0 Å². The van der Waals surface area contributed by atoms with E-state index < -0.39 is 5.97 Å². The molecule has 2 aliphatic rings. The van der Waals surface area contributed by atoms with Gasteiger partial charge in [0.15, 0.2) is 0 Å². The Labute approximate surface area is 112 Å². The molecule has 2 aliphatic heterocycles. The maximum atomic E-state index is 11.8. The molecule has 2 fully saturated rings. The summed E-state index contributed by atoms with van der Waals surface area (Å²) in [5, 5.41) is 8.56. The van der Waals surface area contributed by atoms with Gasteiger partial charge in [0.05, 0.1) is 6.42 Å². The molecule has 2 amide bonds. The van der Waals surface area contributed by atoms with Crippen LogP contribution in [0.5, 0.6) is 0 Å². The predicted octanol–water partition coefficient (Wildman–Crippen LogP) is 0.465. The van der Waals surface area contributed by atoms with Gasteiger partial charge in [-0.15, -0.1) is 0 Å². The highest BCUT2D eigenvalue weighted by Crippen LogP contribution is 2.22. The van der Waals surface area contributed by atoms with Gasteiger partial charge in [-0.1, -0.05) is 0 Å². The van der Waals surface area contributed by atoms with Crippen molar-refractivity contribution < 1.29 is 19.5 Å². The number of hydrogen-bond donors (Lipinski definition) is 1. The molecule has 0 unspecified atom stereocenters. The molecule has 0 aromatic heterocycles. The number of rotatable bonds is 4. The monoisotopic (exact) mass is 268 g/mol. The third-order valence-electron chi connectivity index (χ3n) is 3.92. The largest absolute Gasteiger partial charge is 0.481 e. The van der Waals surface area contributed by atoms with Crippen LogP contribution in [0.25, 0.3) is 0 Å². The number of amides is 2. The van der Waals surface area contributed by atoms with Crippen molar-refractivity contribution >= 4 is 17.8 Å². The summed E-state index contributed by atoms with van der Waals surface area (Å²) in [5.74, 6) is -0.796. The van der Waals surface area contributed by atoms with Crippen LogP contribution < -0.4 is 0 Å². The van der Waals surface area contributed by atoms with Crippen molar-refractivity contribution in [2.24, 2.45) is 0 Å². The summed E-state index contributed by atoms with van der Waals surface area (Å²) in [6.45, 7) is 2.11. The molecular formula is C13H20N2O4. The smallest absolute Gasteiger partial charge is 0.303 e. The summed E-state index contributed by atoms with van der Waals surface area (Å²) < 4.78 is 0. The summed E-state index contributed by atoms with van der Waals surface area (Å²) in [6, 6.07) is 0.263. The Balaban J connectivity index is 1.77. The lowest BCUT2D eigenvalue weighted by atomic mass is 10.0. The SMILES string of the molecule is O=C(O)CCC(=O)N1CCC(N2CCCC2=O)CC1. The van der Waals surface area contributed by atoms with E-state index in [1.54, 1.807) is 4.90 Å². The van der Waals surface area contributed by atoms with Crippen LogP contribution in [0, 0.1) is 0 Å². The Bertz CT molecular complexity index is 375. The number of carbonyl (C=O) groups is 3. The minimum absolute atomic E-state index is 0.0721. The fraction of sp³-hybridized carbons (Fsp3) is 0.769. The van der Waals surface area contributed by atoms with Gasteiger partial charge in [0.1, 0.15) is 0 Å². The molecule has 6 nitrogen and oxygen atoms in total. The van der Waals surface area contributed by atoms with Crippen LogP contribution in [0.3, 0.4) is 0 Å². The van der Waals surface area contributed by atoms with Crippen LogP contribution in [0.1, 0.15) is 38.5 Å². The second-order valence-corrected chi connectivity index (χ2v) is 5.20. The van der Waals surface area contributed by atoms with E-state index in [9.17, 15) is 14.4 Å². The van der Waals surface area contributed by atoms with Crippen molar-refractivity contribution in [2.45, 2.75) is 44.6 Å². The van der Waals surface area contributed by atoms with Crippen molar-refractivity contribution in [2.75, 3.05) is 19.6 Å². The number of carboxylic acid groups (broad SMARTS) is 1. The van der Waals surface area contributed by atoms with Gasteiger partial charge in [0.2, 0.25) is 11.8 Å². The Morgan fingerprint density at radius 2 is 1.84 bits per heavy atom. The number of aliphatic carboxylic acids is 1. The van der Waals surface area contributed by atoms with Crippen LogP contribution in [0.4, 0.5) is 0 Å². The first kappa shape index (κ1) is 13.8. The Morgan fingerprint density at radius 3 is 2.37 bits per heavy atom. The van der Waals surface area contributed by atoms with Crippen LogP contribution in [-0.4, -0.2) is 58.4 Å². The fourth-order valence-corrected chi connectivity index (χ4v) is 2.85. The quantitative estimate of drug-likeness (QED) is 0.803. The van der Waals surface area contributed by atoms with Gasteiger partial charge in [0, 0.05) is 38.5 Å². The molecule has 0 saturated carbocycles. The molecule has 106 valence electrons. The first-order valence-electron chi connectivity index (χ1n) is 6.87. The van der Waals surface area contributed by atoms with Crippen LogP contribution >= 0.6 is 0 Å². The molecule has 0 radical (unpaired) electrons. The van der Waals surface area contributed by atoms with E-state index in [1.165, 1.54) is 0 Å². The zero-order valence-corrected chi connectivity index (χ0v) is 11.0. The average Bonchev–Trinajstić information content (AvgIpc) is 2.82. The van der Waals surface area contributed by atoms with Crippen molar-refractivity contribution in [3.63, 3.8) is 0 Å². The molecule has 2 rings (SSSR count). The third kappa shape index (κ3) is 3.45. The topological polar surface area (TPSA) is 77.9 Å². The van der Waals surface area contributed by atoms with E-state index in [-0.39, 0.29) is 30.7 Å².